The van der Waals surface area contributed by atoms with E-state index in [9.17, 15) is 9.59 Å². The quantitative estimate of drug-likeness (QED) is 0.680. The topological polar surface area (TPSA) is 49.4 Å². The molecule has 0 fully saturated rings. The predicted octanol–water partition coefficient (Wildman–Crippen LogP) is 5.18. The fourth-order valence-corrected chi connectivity index (χ4v) is 3.31. The van der Waals surface area contributed by atoms with Crippen molar-refractivity contribution in [1.29, 1.82) is 0 Å². The first kappa shape index (κ1) is 23.2. The molecule has 0 saturated carbocycles. The summed E-state index contributed by atoms with van der Waals surface area (Å²) in [6, 6.07) is 12.4. The van der Waals surface area contributed by atoms with Gasteiger partial charge >= 0.3 is 0 Å². The number of nitrogens with zero attached hydrogens (tertiary/aromatic N) is 1. The van der Waals surface area contributed by atoms with Crippen LogP contribution in [0.3, 0.4) is 0 Å². The van der Waals surface area contributed by atoms with E-state index in [0.29, 0.717) is 16.6 Å². The molecule has 0 spiro atoms. The van der Waals surface area contributed by atoms with Gasteiger partial charge in [0.05, 0.1) is 16.5 Å². The van der Waals surface area contributed by atoms with Gasteiger partial charge in [-0.15, -0.1) is 0 Å². The summed E-state index contributed by atoms with van der Waals surface area (Å²) in [6.07, 6.45) is 0.135. The molecule has 1 atom stereocenters. The van der Waals surface area contributed by atoms with E-state index in [-0.39, 0.29) is 23.8 Å². The molecule has 2 rings (SSSR count). The van der Waals surface area contributed by atoms with Crippen LogP contribution in [0.15, 0.2) is 42.5 Å². The van der Waals surface area contributed by atoms with Crippen molar-refractivity contribution >= 4 is 35.0 Å². The lowest BCUT2D eigenvalue weighted by Gasteiger charge is -2.31. The lowest BCUT2D eigenvalue weighted by molar-refractivity contribution is -0.140. The van der Waals surface area contributed by atoms with Crippen LogP contribution < -0.4 is 5.32 Å². The highest BCUT2D eigenvalue weighted by Crippen LogP contribution is 2.23. The Kier molecular flexibility index (Phi) is 7.73. The molecular weight excluding hydrogens is 407 g/mol. The molecule has 2 aromatic rings. The number of carbonyl (C=O) groups is 2. The van der Waals surface area contributed by atoms with Crippen molar-refractivity contribution in [2.75, 3.05) is 0 Å². The zero-order chi connectivity index (χ0) is 21.8. The van der Waals surface area contributed by atoms with Crippen molar-refractivity contribution in [3.05, 3.63) is 69.2 Å². The Hall–Kier alpha value is -2.04. The van der Waals surface area contributed by atoms with Crippen molar-refractivity contribution in [3.8, 4) is 0 Å². The van der Waals surface area contributed by atoms with Crippen molar-refractivity contribution < 1.29 is 9.59 Å². The molecule has 0 bridgehead atoms. The molecule has 0 radical (unpaired) electrons. The van der Waals surface area contributed by atoms with Crippen molar-refractivity contribution in [2.45, 2.75) is 59.2 Å². The molecule has 0 aromatic heterocycles. The molecule has 4 nitrogen and oxygen atoms in total. The number of amides is 2. The monoisotopic (exact) mass is 434 g/mol. The Morgan fingerprint density at radius 3 is 2.31 bits per heavy atom. The van der Waals surface area contributed by atoms with E-state index < -0.39 is 6.04 Å². The fraction of sp³-hybridized carbons (Fsp3) is 0.391. The van der Waals surface area contributed by atoms with E-state index in [1.807, 2.05) is 52.0 Å². The summed E-state index contributed by atoms with van der Waals surface area (Å²) >= 11 is 12.1. The smallest absolute Gasteiger partial charge is 0.242 e. The predicted molar refractivity (Wildman–Crippen MR) is 119 cm³/mol. The second-order valence-corrected chi connectivity index (χ2v) is 9.17. The van der Waals surface area contributed by atoms with E-state index in [4.69, 9.17) is 23.2 Å². The summed E-state index contributed by atoms with van der Waals surface area (Å²) in [5, 5.41) is 3.81. The molecule has 0 heterocycles. The van der Waals surface area contributed by atoms with Crippen LogP contribution in [0.5, 0.6) is 0 Å². The Bertz CT molecular complexity index is 891. The lowest BCUT2D eigenvalue weighted by atomic mass is 10.1. The van der Waals surface area contributed by atoms with Gasteiger partial charge in [-0.2, -0.15) is 0 Å². The van der Waals surface area contributed by atoms with Gasteiger partial charge in [-0.25, -0.2) is 0 Å². The average molecular weight is 435 g/mol. The van der Waals surface area contributed by atoms with E-state index in [1.165, 1.54) is 0 Å². The molecule has 2 aromatic carbocycles. The number of benzene rings is 2. The Balaban J connectivity index is 2.27. The van der Waals surface area contributed by atoms with Crippen LogP contribution in [0.4, 0.5) is 0 Å². The molecule has 1 N–H and O–H groups in total. The van der Waals surface area contributed by atoms with Gasteiger partial charge in [0.2, 0.25) is 11.8 Å². The number of nitrogens with one attached hydrogen (secondary N) is 1. The summed E-state index contributed by atoms with van der Waals surface area (Å²) < 4.78 is 0. The Labute approximate surface area is 183 Å². The third-order valence-electron chi connectivity index (χ3n) is 4.44. The van der Waals surface area contributed by atoms with Crippen LogP contribution in [0, 0.1) is 6.92 Å². The maximum atomic E-state index is 13.2. The van der Waals surface area contributed by atoms with Crippen LogP contribution in [0.2, 0.25) is 10.0 Å². The van der Waals surface area contributed by atoms with E-state index in [0.717, 1.165) is 16.7 Å². The van der Waals surface area contributed by atoms with E-state index >= 15 is 0 Å². The molecular formula is C23H28Cl2N2O2. The number of rotatable bonds is 6. The second-order valence-electron chi connectivity index (χ2n) is 8.35. The normalized spacial score (nSPS) is 12.4. The first-order valence-corrected chi connectivity index (χ1v) is 10.3. The van der Waals surface area contributed by atoms with Gasteiger partial charge in [0.25, 0.3) is 0 Å². The highest BCUT2D eigenvalue weighted by Gasteiger charge is 2.28. The van der Waals surface area contributed by atoms with Crippen LogP contribution in [-0.4, -0.2) is 28.3 Å². The van der Waals surface area contributed by atoms with Gasteiger partial charge in [-0.3, -0.25) is 9.59 Å². The second kappa shape index (κ2) is 9.64. The van der Waals surface area contributed by atoms with Gasteiger partial charge in [0, 0.05) is 12.1 Å². The minimum absolute atomic E-state index is 0.135. The zero-order valence-corrected chi connectivity index (χ0v) is 19.1. The fourth-order valence-electron chi connectivity index (χ4n) is 2.99. The van der Waals surface area contributed by atoms with Gasteiger partial charge in [0.1, 0.15) is 6.04 Å². The highest BCUT2D eigenvalue weighted by atomic mass is 35.5. The first-order valence-electron chi connectivity index (χ1n) is 9.57. The highest BCUT2D eigenvalue weighted by molar-refractivity contribution is 6.42. The number of hydrogen-bond donors (Lipinski definition) is 1. The summed E-state index contributed by atoms with van der Waals surface area (Å²) in [4.78, 5) is 27.6. The largest absolute Gasteiger partial charge is 0.350 e. The molecule has 29 heavy (non-hydrogen) atoms. The maximum absolute atomic E-state index is 13.2. The van der Waals surface area contributed by atoms with Crippen molar-refractivity contribution in [2.24, 2.45) is 0 Å². The van der Waals surface area contributed by atoms with Crippen LogP contribution in [0.1, 0.15) is 44.4 Å². The standard InChI is InChI=1S/C23H28Cl2N2O2/c1-15-7-6-8-18(11-15)14-27(16(2)22(29)26-23(3,4)5)21(28)13-17-9-10-19(24)20(25)12-17/h6-12,16H,13-14H2,1-5H3,(H,26,29)/t16-/m0/s1. The molecule has 0 aliphatic rings. The van der Waals surface area contributed by atoms with Gasteiger partial charge in [-0.05, 0) is 57.9 Å². The number of aryl methyl sites for hydroxylation is 1. The summed E-state index contributed by atoms with van der Waals surface area (Å²) in [5.74, 6) is -0.339. The molecule has 0 aliphatic heterocycles. The van der Waals surface area contributed by atoms with Crippen LogP contribution in [-0.2, 0) is 22.6 Å². The average Bonchev–Trinajstić information content (AvgIpc) is 2.60. The van der Waals surface area contributed by atoms with Gasteiger partial charge in [-0.1, -0.05) is 59.1 Å². The third kappa shape index (κ3) is 7.06. The Morgan fingerprint density at radius 2 is 1.72 bits per heavy atom. The molecule has 0 saturated heterocycles. The number of halogens is 2. The molecule has 0 unspecified atom stereocenters. The first-order chi connectivity index (χ1) is 13.5. The lowest BCUT2D eigenvalue weighted by Crippen LogP contribution is -2.52. The molecule has 2 amide bonds. The summed E-state index contributed by atoms with van der Waals surface area (Å²) in [6.45, 7) is 9.85. The Morgan fingerprint density at radius 1 is 1.03 bits per heavy atom. The summed E-state index contributed by atoms with van der Waals surface area (Å²) in [7, 11) is 0. The third-order valence-corrected chi connectivity index (χ3v) is 5.18. The molecule has 156 valence electrons. The minimum Gasteiger partial charge on any atom is -0.350 e. The van der Waals surface area contributed by atoms with Crippen molar-refractivity contribution in [3.63, 3.8) is 0 Å². The maximum Gasteiger partial charge on any atom is 0.242 e. The summed E-state index contributed by atoms with van der Waals surface area (Å²) in [5.41, 5.74) is 2.45. The van der Waals surface area contributed by atoms with Gasteiger partial charge < -0.3 is 10.2 Å². The minimum atomic E-state index is -0.620. The SMILES string of the molecule is Cc1cccc(CN(C(=O)Cc2ccc(Cl)c(Cl)c2)[C@@H](C)C(=O)NC(C)(C)C)c1. The molecule has 6 heteroatoms. The van der Waals surface area contributed by atoms with E-state index in [1.54, 1.807) is 30.0 Å². The van der Waals surface area contributed by atoms with Gasteiger partial charge in [0.15, 0.2) is 0 Å². The van der Waals surface area contributed by atoms with Crippen molar-refractivity contribution in [1.82, 2.24) is 10.2 Å². The van der Waals surface area contributed by atoms with Crippen LogP contribution in [0.25, 0.3) is 0 Å². The number of hydrogen-bond acceptors (Lipinski definition) is 2. The van der Waals surface area contributed by atoms with Crippen LogP contribution >= 0.6 is 23.2 Å². The number of carbonyl (C=O) groups excluding carboxylic acids is 2. The zero-order valence-electron chi connectivity index (χ0n) is 17.6. The van der Waals surface area contributed by atoms with E-state index in [2.05, 4.69) is 5.32 Å². The molecule has 0 aliphatic carbocycles.